The molecule has 0 bridgehead atoms. The van der Waals surface area contributed by atoms with Crippen molar-refractivity contribution in [2.45, 2.75) is 13.3 Å². The second-order valence-electron chi connectivity index (χ2n) is 6.07. The van der Waals surface area contributed by atoms with Gasteiger partial charge in [-0.25, -0.2) is 14.5 Å². The quantitative estimate of drug-likeness (QED) is 0.575. The van der Waals surface area contributed by atoms with Crippen LogP contribution >= 0.6 is 11.3 Å². The van der Waals surface area contributed by atoms with E-state index in [-0.39, 0.29) is 5.91 Å². The van der Waals surface area contributed by atoms with Crippen LogP contribution < -0.4 is 10.1 Å². The number of amides is 1. The molecule has 0 radical (unpaired) electrons. The molecule has 136 valence electrons. The highest BCUT2D eigenvalue weighted by Crippen LogP contribution is 2.23. The number of benzene rings is 1. The second-order valence-corrected chi connectivity index (χ2v) is 7.18. The molecule has 3 aromatic heterocycles. The summed E-state index contributed by atoms with van der Waals surface area (Å²) < 4.78 is 6.77. The molecule has 0 aliphatic carbocycles. The van der Waals surface area contributed by atoms with Crippen LogP contribution in [0.2, 0.25) is 0 Å². The van der Waals surface area contributed by atoms with E-state index < -0.39 is 0 Å². The lowest BCUT2D eigenvalue weighted by Gasteiger charge is -2.02. The third-order valence-electron chi connectivity index (χ3n) is 4.04. The zero-order valence-corrected chi connectivity index (χ0v) is 15.7. The fourth-order valence-electron chi connectivity index (χ4n) is 2.68. The molecule has 0 unspecified atom stereocenters. The van der Waals surface area contributed by atoms with Gasteiger partial charge in [0.25, 0.3) is 5.91 Å². The molecular weight excluding hydrogens is 362 g/mol. The third-order valence-corrected chi connectivity index (χ3v) is 4.95. The van der Waals surface area contributed by atoms with Gasteiger partial charge >= 0.3 is 0 Å². The number of hydrogen-bond acceptors (Lipinski definition) is 6. The Labute approximate surface area is 159 Å². The SMILES string of the molecule is COc1ccc(Cc2cnc(NC(=O)c3cnn4cc(C)cnc34)s2)cc1. The van der Waals surface area contributed by atoms with Crippen molar-refractivity contribution in [2.75, 3.05) is 12.4 Å². The minimum absolute atomic E-state index is 0.272. The van der Waals surface area contributed by atoms with Gasteiger partial charge in [0.1, 0.15) is 11.3 Å². The van der Waals surface area contributed by atoms with Gasteiger partial charge in [-0.05, 0) is 30.2 Å². The van der Waals surface area contributed by atoms with Crippen LogP contribution in [0.5, 0.6) is 5.75 Å². The van der Waals surface area contributed by atoms with E-state index in [1.807, 2.05) is 37.4 Å². The Hall–Kier alpha value is -3.26. The van der Waals surface area contributed by atoms with Crippen molar-refractivity contribution in [3.8, 4) is 5.75 Å². The van der Waals surface area contributed by atoms with Crippen molar-refractivity contribution in [1.82, 2.24) is 19.6 Å². The van der Waals surface area contributed by atoms with E-state index in [4.69, 9.17) is 4.74 Å². The summed E-state index contributed by atoms with van der Waals surface area (Å²) in [7, 11) is 1.65. The minimum Gasteiger partial charge on any atom is -0.497 e. The van der Waals surface area contributed by atoms with Crippen LogP contribution in [-0.4, -0.2) is 32.6 Å². The van der Waals surface area contributed by atoms with Gasteiger partial charge < -0.3 is 4.74 Å². The smallest absolute Gasteiger partial charge is 0.262 e. The predicted octanol–water partition coefficient (Wildman–Crippen LogP) is 3.35. The molecule has 4 rings (SSSR count). The first-order chi connectivity index (χ1) is 13.1. The van der Waals surface area contributed by atoms with Gasteiger partial charge in [0.05, 0.1) is 13.3 Å². The summed E-state index contributed by atoms with van der Waals surface area (Å²) in [4.78, 5) is 22.2. The lowest BCUT2D eigenvalue weighted by Crippen LogP contribution is -2.11. The summed E-state index contributed by atoms with van der Waals surface area (Å²) in [5.74, 6) is 0.555. The number of carbonyl (C=O) groups is 1. The molecule has 0 saturated heterocycles. The van der Waals surface area contributed by atoms with Crippen LogP contribution in [0.3, 0.4) is 0 Å². The molecule has 0 spiro atoms. The highest BCUT2D eigenvalue weighted by Gasteiger charge is 2.15. The number of anilines is 1. The van der Waals surface area contributed by atoms with Crippen molar-refractivity contribution in [3.63, 3.8) is 0 Å². The number of aryl methyl sites for hydroxylation is 1. The lowest BCUT2D eigenvalue weighted by atomic mass is 10.1. The maximum absolute atomic E-state index is 12.6. The fraction of sp³-hybridized carbons (Fsp3) is 0.158. The molecule has 1 N–H and O–H groups in total. The first-order valence-corrected chi connectivity index (χ1v) is 9.13. The Bertz CT molecular complexity index is 1100. The van der Waals surface area contributed by atoms with Crippen LogP contribution in [0, 0.1) is 6.92 Å². The van der Waals surface area contributed by atoms with Crippen molar-refractivity contribution in [2.24, 2.45) is 0 Å². The Morgan fingerprint density at radius 3 is 2.78 bits per heavy atom. The fourth-order valence-corrected chi connectivity index (χ4v) is 3.53. The molecule has 3 heterocycles. The maximum atomic E-state index is 12.6. The first kappa shape index (κ1) is 17.2. The number of methoxy groups -OCH3 is 1. The Morgan fingerprint density at radius 2 is 2.00 bits per heavy atom. The summed E-state index contributed by atoms with van der Waals surface area (Å²) in [6.07, 6.45) is 7.58. The van der Waals surface area contributed by atoms with Crippen LogP contribution in [-0.2, 0) is 6.42 Å². The van der Waals surface area contributed by atoms with Gasteiger partial charge in [-0.15, -0.1) is 11.3 Å². The monoisotopic (exact) mass is 379 g/mol. The largest absolute Gasteiger partial charge is 0.497 e. The van der Waals surface area contributed by atoms with E-state index in [1.165, 1.54) is 17.5 Å². The predicted molar refractivity (Wildman–Crippen MR) is 104 cm³/mol. The van der Waals surface area contributed by atoms with Crippen LogP contribution in [0.4, 0.5) is 5.13 Å². The number of aromatic nitrogens is 4. The van der Waals surface area contributed by atoms with Crippen LogP contribution in [0.1, 0.15) is 26.4 Å². The number of nitrogens with zero attached hydrogens (tertiary/aromatic N) is 4. The van der Waals surface area contributed by atoms with Crippen molar-refractivity contribution < 1.29 is 9.53 Å². The summed E-state index contributed by atoms with van der Waals surface area (Å²) in [6.45, 7) is 1.92. The molecule has 0 atom stereocenters. The first-order valence-electron chi connectivity index (χ1n) is 8.31. The summed E-state index contributed by atoms with van der Waals surface area (Å²) in [5, 5.41) is 7.56. The van der Waals surface area contributed by atoms with E-state index >= 15 is 0 Å². The molecule has 1 aromatic carbocycles. The normalized spacial score (nSPS) is 10.9. The highest BCUT2D eigenvalue weighted by molar-refractivity contribution is 7.15. The summed E-state index contributed by atoms with van der Waals surface area (Å²) >= 11 is 1.45. The summed E-state index contributed by atoms with van der Waals surface area (Å²) in [5.41, 5.74) is 3.06. The molecule has 0 saturated carbocycles. The number of nitrogens with one attached hydrogen (secondary N) is 1. The molecule has 8 heteroatoms. The zero-order chi connectivity index (χ0) is 18.8. The molecule has 0 fully saturated rings. The van der Waals surface area contributed by atoms with Gasteiger partial charge in [0.2, 0.25) is 0 Å². The summed E-state index contributed by atoms with van der Waals surface area (Å²) in [6, 6.07) is 7.89. The molecule has 1 amide bonds. The number of rotatable bonds is 5. The van der Waals surface area contributed by atoms with Gasteiger partial charge in [-0.2, -0.15) is 5.10 Å². The average molecular weight is 379 g/mol. The molecule has 0 aliphatic rings. The molecule has 7 nitrogen and oxygen atoms in total. The minimum atomic E-state index is -0.272. The number of ether oxygens (including phenoxy) is 1. The molecule has 0 aliphatic heterocycles. The number of carbonyl (C=O) groups excluding carboxylic acids is 1. The van der Waals surface area contributed by atoms with Crippen LogP contribution in [0.15, 0.2) is 49.1 Å². The lowest BCUT2D eigenvalue weighted by molar-refractivity contribution is 0.102. The van der Waals surface area contributed by atoms with E-state index in [0.29, 0.717) is 16.3 Å². The topological polar surface area (TPSA) is 81.4 Å². The zero-order valence-electron chi connectivity index (χ0n) is 14.8. The van der Waals surface area contributed by atoms with E-state index in [1.54, 1.807) is 24.0 Å². The van der Waals surface area contributed by atoms with E-state index in [0.717, 1.165) is 28.2 Å². The van der Waals surface area contributed by atoms with Crippen molar-refractivity contribution >= 4 is 28.0 Å². The number of hydrogen-bond donors (Lipinski definition) is 1. The van der Waals surface area contributed by atoms with Crippen molar-refractivity contribution in [3.05, 3.63) is 70.6 Å². The van der Waals surface area contributed by atoms with Gasteiger partial charge in [0.15, 0.2) is 10.8 Å². The standard InChI is InChI=1S/C19H17N5O2S/c1-12-8-20-17-16(10-22-24(17)11-12)18(25)23-19-21-9-15(27-19)7-13-3-5-14(26-2)6-4-13/h3-6,8-11H,7H2,1-2H3,(H,21,23,25). The second kappa shape index (κ2) is 7.16. The Balaban J connectivity index is 1.47. The Morgan fingerprint density at radius 1 is 1.19 bits per heavy atom. The van der Waals surface area contributed by atoms with E-state index in [9.17, 15) is 4.79 Å². The molecule has 4 aromatic rings. The number of fused-ring (bicyclic) bond motifs is 1. The molecular formula is C19H17N5O2S. The van der Waals surface area contributed by atoms with Crippen molar-refractivity contribution in [1.29, 1.82) is 0 Å². The van der Waals surface area contributed by atoms with Gasteiger partial charge in [-0.3, -0.25) is 10.1 Å². The van der Waals surface area contributed by atoms with Gasteiger partial charge in [-0.1, -0.05) is 12.1 Å². The molecule has 27 heavy (non-hydrogen) atoms. The highest BCUT2D eigenvalue weighted by atomic mass is 32.1. The van der Waals surface area contributed by atoms with Gasteiger partial charge in [0, 0.05) is 29.9 Å². The average Bonchev–Trinajstić information content (AvgIpc) is 3.28. The third kappa shape index (κ3) is 3.65. The van der Waals surface area contributed by atoms with E-state index in [2.05, 4.69) is 20.4 Å². The number of thiazole rings is 1. The Kier molecular flexibility index (Phi) is 4.55. The van der Waals surface area contributed by atoms with Crippen LogP contribution in [0.25, 0.3) is 5.65 Å². The maximum Gasteiger partial charge on any atom is 0.262 e.